The van der Waals surface area contributed by atoms with Gasteiger partial charge in [0.1, 0.15) is 0 Å². The highest BCUT2D eigenvalue weighted by Gasteiger charge is 2.31. The van der Waals surface area contributed by atoms with Gasteiger partial charge in [0.25, 0.3) is 0 Å². The fourth-order valence-corrected chi connectivity index (χ4v) is 3.69. The van der Waals surface area contributed by atoms with Crippen LogP contribution >= 0.6 is 0 Å². The lowest BCUT2D eigenvalue weighted by molar-refractivity contribution is 0.136. The summed E-state index contributed by atoms with van der Waals surface area (Å²) in [5, 5.41) is 0. The lowest BCUT2D eigenvalue weighted by atomic mass is 9.99. The lowest BCUT2D eigenvalue weighted by Gasteiger charge is -2.34. The molecule has 0 aliphatic carbocycles. The van der Waals surface area contributed by atoms with E-state index in [2.05, 4.69) is 30.6 Å². The predicted molar refractivity (Wildman–Crippen MR) is 69.7 cm³/mol. The van der Waals surface area contributed by atoms with Crippen LogP contribution < -0.4 is 0 Å². The van der Waals surface area contributed by atoms with Crippen LogP contribution in [0.15, 0.2) is 0 Å². The standard InChI is InChI=1S/C14H28N2/c1-4-14(12(2)3)16-10-6-9-15-8-5-7-13(15)11-16/h12-14H,4-11H2,1-3H3. The molecule has 0 spiro atoms. The third-order valence-corrected chi connectivity index (χ3v) is 4.49. The van der Waals surface area contributed by atoms with E-state index in [1.807, 2.05) is 0 Å². The Morgan fingerprint density at radius 3 is 2.56 bits per heavy atom. The molecule has 0 aromatic rings. The summed E-state index contributed by atoms with van der Waals surface area (Å²) < 4.78 is 0. The van der Waals surface area contributed by atoms with Crippen LogP contribution in [0.4, 0.5) is 0 Å². The number of fused-ring (bicyclic) bond motifs is 1. The molecule has 2 rings (SSSR count). The summed E-state index contributed by atoms with van der Waals surface area (Å²) in [7, 11) is 0. The van der Waals surface area contributed by atoms with Crippen molar-refractivity contribution in [3.8, 4) is 0 Å². The summed E-state index contributed by atoms with van der Waals surface area (Å²) in [6.07, 6.45) is 5.55. The van der Waals surface area contributed by atoms with Crippen LogP contribution in [-0.4, -0.2) is 48.1 Å². The first kappa shape index (κ1) is 12.4. The molecule has 0 aromatic carbocycles. The molecule has 2 aliphatic rings. The average molecular weight is 224 g/mol. The molecule has 0 bridgehead atoms. The van der Waals surface area contributed by atoms with Gasteiger partial charge in [-0.25, -0.2) is 0 Å². The highest BCUT2D eigenvalue weighted by molar-refractivity contribution is 4.87. The molecule has 2 fully saturated rings. The Morgan fingerprint density at radius 2 is 1.88 bits per heavy atom. The summed E-state index contributed by atoms with van der Waals surface area (Å²) in [4.78, 5) is 5.51. The van der Waals surface area contributed by atoms with E-state index < -0.39 is 0 Å². The van der Waals surface area contributed by atoms with E-state index in [1.165, 1.54) is 51.9 Å². The van der Waals surface area contributed by atoms with E-state index in [4.69, 9.17) is 0 Å². The first-order valence-corrected chi connectivity index (χ1v) is 7.20. The third-order valence-electron chi connectivity index (χ3n) is 4.49. The van der Waals surface area contributed by atoms with Crippen molar-refractivity contribution in [3.05, 3.63) is 0 Å². The highest BCUT2D eigenvalue weighted by atomic mass is 15.3. The van der Waals surface area contributed by atoms with Crippen LogP contribution in [0.3, 0.4) is 0 Å². The Bertz CT molecular complexity index is 215. The summed E-state index contributed by atoms with van der Waals surface area (Å²) in [5.41, 5.74) is 0. The van der Waals surface area contributed by atoms with Crippen LogP contribution in [0, 0.1) is 5.92 Å². The van der Waals surface area contributed by atoms with E-state index in [-0.39, 0.29) is 0 Å². The second kappa shape index (κ2) is 5.50. The van der Waals surface area contributed by atoms with Crippen molar-refractivity contribution in [2.75, 3.05) is 26.2 Å². The highest BCUT2D eigenvalue weighted by Crippen LogP contribution is 2.24. The van der Waals surface area contributed by atoms with Gasteiger partial charge in [-0.3, -0.25) is 9.80 Å². The fraction of sp³-hybridized carbons (Fsp3) is 1.00. The molecule has 94 valence electrons. The van der Waals surface area contributed by atoms with Crippen molar-refractivity contribution in [1.82, 2.24) is 9.80 Å². The summed E-state index contributed by atoms with van der Waals surface area (Å²) in [5.74, 6) is 0.804. The van der Waals surface area contributed by atoms with Gasteiger partial charge >= 0.3 is 0 Å². The maximum Gasteiger partial charge on any atom is 0.0223 e. The van der Waals surface area contributed by atoms with E-state index in [0.29, 0.717) is 0 Å². The zero-order chi connectivity index (χ0) is 11.5. The van der Waals surface area contributed by atoms with Gasteiger partial charge < -0.3 is 0 Å². The number of hydrogen-bond acceptors (Lipinski definition) is 2. The van der Waals surface area contributed by atoms with E-state index >= 15 is 0 Å². The first-order chi connectivity index (χ1) is 7.72. The van der Waals surface area contributed by atoms with Gasteiger partial charge in [0.05, 0.1) is 0 Å². The van der Waals surface area contributed by atoms with Crippen LogP contribution in [0.2, 0.25) is 0 Å². The normalized spacial score (nSPS) is 30.4. The van der Waals surface area contributed by atoms with Crippen molar-refractivity contribution < 1.29 is 0 Å². The summed E-state index contributed by atoms with van der Waals surface area (Å²) in [6, 6.07) is 1.68. The third kappa shape index (κ3) is 2.60. The molecule has 2 unspecified atom stereocenters. The monoisotopic (exact) mass is 224 g/mol. The van der Waals surface area contributed by atoms with Crippen LogP contribution in [0.25, 0.3) is 0 Å². The molecular formula is C14H28N2. The van der Waals surface area contributed by atoms with Crippen LogP contribution in [-0.2, 0) is 0 Å². The Labute approximate surface area is 101 Å². The average Bonchev–Trinajstić information content (AvgIpc) is 2.58. The molecule has 0 aromatic heterocycles. The van der Waals surface area contributed by atoms with Gasteiger partial charge in [-0.1, -0.05) is 20.8 Å². The second-order valence-electron chi connectivity index (χ2n) is 5.90. The van der Waals surface area contributed by atoms with Crippen molar-refractivity contribution in [3.63, 3.8) is 0 Å². The molecule has 16 heavy (non-hydrogen) atoms. The topological polar surface area (TPSA) is 6.48 Å². The van der Waals surface area contributed by atoms with Gasteiger partial charge in [-0.2, -0.15) is 0 Å². The van der Waals surface area contributed by atoms with Crippen molar-refractivity contribution >= 4 is 0 Å². The molecule has 2 heteroatoms. The van der Waals surface area contributed by atoms with Crippen molar-refractivity contribution in [2.24, 2.45) is 5.92 Å². The Hall–Kier alpha value is -0.0800. The summed E-state index contributed by atoms with van der Waals surface area (Å²) >= 11 is 0. The zero-order valence-electron chi connectivity index (χ0n) is 11.3. The lowest BCUT2D eigenvalue weighted by Crippen LogP contribution is -2.43. The minimum atomic E-state index is 0.804. The van der Waals surface area contributed by atoms with Crippen LogP contribution in [0.1, 0.15) is 46.5 Å². The Kier molecular flexibility index (Phi) is 4.26. The molecule has 2 atom stereocenters. The number of hydrogen-bond donors (Lipinski definition) is 0. The maximum absolute atomic E-state index is 2.78. The van der Waals surface area contributed by atoms with Gasteiger partial charge in [-0.05, 0) is 51.2 Å². The van der Waals surface area contributed by atoms with Gasteiger partial charge in [0.2, 0.25) is 0 Å². The van der Waals surface area contributed by atoms with Crippen molar-refractivity contribution in [1.29, 1.82) is 0 Å². The summed E-state index contributed by atoms with van der Waals surface area (Å²) in [6.45, 7) is 12.5. The predicted octanol–water partition coefficient (Wildman–Crippen LogP) is 2.59. The van der Waals surface area contributed by atoms with Gasteiger partial charge in [-0.15, -0.1) is 0 Å². The fourth-order valence-electron chi connectivity index (χ4n) is 3.69. The Balaban J connectivity index is 1.99. The van der Waals surface area contributed by atoms with Gasteiger partial charge in [0, 0.05) is 18.6 Å². The van der Waals surface area contributed by atoms with E-state index in [0.717, 1.165) is 18.0 Å². The minimum Gasteiger partial charge on any atom is -0.299 e. The quantitative estimate of drug-likeness (QED) is 0.727. The molecule has 2 heterocycles. The molecule has 0 saturated carbocycles. The maximum atomic E-state index is 2.78. The smallest absolute Gasteiger partial charge is 0.0223 e. The number of nitrogens with zero attached hydrogens (tertiary/aromatic N) is 2. The van der Waals surface area contributed by atoms with Crippen molar-refractivity contribution in [2.45, 2.75) is 58.5 Å². The first-order valence-electron chi connectivity index (χ1n) is 7.20. The molecule has 0 radical (unpaired) electrons. The second-order valence-corrected chi connectivity index (χ2v) is 5.90. The van der Waals surface area contributed by atoms with Crippen LogP contribution in [0.5, 0.6) is 0 Å². The van der Waals surface area contributed by atoms with E-state index in [9.17, 15) is 0 Å². The minimum absolute atomic E-state index is 0.804. The van der Waals surface area contributed by atoms with Gasteiger partial charge in [0.15, 0.2) is 0 Å². The molecular weight excluding hydrogens is 196 g/mol. The molecule has 2 nitrogen and oxygen atoms in total. The largest absolute Gasteiger partial charge is 0.299 e. The number of rotatable bonds is 3. The SMILES string of the molecule is CCC(C(C)C)N1CCCN2CCCC2C1. The zero-order valence-corrected chi connectivity index (χ0v) is 11.3. The molecule has 2 saturated heterocycles. The Morgan fingerprint density at radius 1 is 1.12 bits per heavy atom. The molecule has 0 amide bonds. The van der Waals surface area contributed by atoms with E-state index in [1.54, 1.807) is 0 Å². The molecule has 0 N–H and O–H groups in total. The molecule has 2 aliphatic heterocycles.